The Morgan fingerprint density at radius 1 is 1.10 bits per heavy atom. The molecule has 0 heterocycles. The molecule has 0 aromatic heterocycles. The van der Waals surface area contributed by atoms with E-state index in [0.717, 1.165) is 16.8 Å². The van der Waals surface area contributed by atoms with E-state index in [-0.39, 0.29) is 12.0 Å². The summed E-state index contributed by atoms with van der Waals surface area (Å²) in [6, 6.07) is 17.9. The van der Waals surface area contributed by atoms with Crippen LogP contribution in [0.1, 0.15) is 30.5 Å². The minimum Gasteiger partial charge on any atom is -0.466 e. The van der Waals surface area contributed by atoms with Gasteiger partial charge in [-0.1, -0.05) is 48.5 Å². The predicted octanol–water partition coefficient (Wildman–Crippen LogP) is 4.10. The molecule has 0 saturated heterocycles. The zero-order chi connectivity index (χ0) is 15.1. The monoisotopic (exact) mass is 283 g/mol. The second-order valence-electron chi connectivity index (χ2n) is 4.93. The van der Waals surface area contributed by atoms with Gasteiger partial charge in [-0.15, -0.1) is 0 Å². The Bertz CT molecular complexity index is 581. The predicted molar refractivity (Wildman–Crippen MR) is 85.2 cm³/mol. The summed E-state index contributed by atoms with van der Waals surface area (Å²) in [5.74, 6) is -0.188. The molecule has 3 nitrogen and oxygen atoms in total. The molecule has 0 amide bonds. The number of aryl methyl sites for hydroxylation is 1. The highest BCUT2D eigenvalue weighted by atomic mass is 16.5. The largest absolute Gasteiger partial charge is 0.466 e. The smallest absolute Gasteiger partial charge is 0.308 e. The van der Waals surface area contributed by atoms with Gasteiger partial charge in [0, 0.05) is 5.69 Å². The Morgan fingerprint density at radius 2 is 1.76 bits per heavy atom. The van der Waals surface area contributed by atoms with Gasteiger partial charge >= 0.3 is 5.97 Å². The van der Waals surface area contributed by atoms with Gasteiger partial charge in [-0.3, -0.25) is 4.79 Å². The van der Waals surface area contributed by atoms with Crippen molar-refractivity contribution >= 4 is 11.7 Å². The summed E-state index contributed by atoms with van der Waals surface area (Å²) in [6.07, 6.45) is 0.312. The Balaban J connectivity index is 2.20. The van der Waals surface area contributed by atoms with E-state index < -0.39 is 0 Å². The highest BCUT2D eigenvalue weighted by molar-refractivity contribution is 5.71. The van der Waals surface area contributed by atoms with Crippen LogP contribution in [-0.4, -0.2) is 12.6 Å². The molecule has 0 bridgehead atoms. The number of carbonyl (C=O) groups excluding carboxylic acids is 1. The molecular weight excluding hydrogens is 262 g/mol. The molecule has 1 N–H and O–H groups in total. The topological polar surface area (TPSA) is 38.3 Å². The van der Waals surface area contributed by atoms with Crippen LogP contribution in [0.4, 0.5) is 5.69 Å². The lowest BCUT2D eigenvalue weighted by atomic mass is 10.0. The lowest BCUT2D eigenvalue weighted by molar-refractivity contribution is -0.143. The standard InChI is InChI=1S/C18H21NO2/c1-3-21-18(20)13-17(15-10-5-4-6-11-15)19-16-12-8-7-9-14(16)2/h4-12,17,19H,3,13H2,1-2H3/t17-/m0/s1. The molecule has 0 aliphatic carbocycles. The number of esters is 1. The number of para-hydroxylation sites is 1. The lowest BCUT2D eigenvalue weighted by Gasteiger charge is -2.21. The molecule has 1 atom stereocenters. The van der Waals surface area contributed by atoms with Crippen LogP contribution in [0, 0.1) is 6.92 Å². The van der Waals surface area contributed by atoms with Crippen LogP contribution in [-0.2, 0) is 9.53 Å². The van der Waals surface area contributed by atoms with Crippen molar-refractivity contribution in [3.63, 3.8) is 0 Å². The molecule has 0 aliphatic rings. The van der Waals surface area contributed by atoms with Crippen molar-refractivity contribution in [3.8, 4) is 0 Å². The molecule has 0 spiro atoms. The van der Waals surface area contributed by atoms with E-state index in [1.165, 1.54) is 0 Å². The van der Waals surface area contributed by atoms with Gasteiger partial charge in [0.25, 0.3) is 0 Å². The van der Waals surface area contributed by atoms with Crippen LogP contribution in [0.25, 0.3) is 0 Å². The molecule has 110 valence electrons. The van der Waals surface area contributed by atoms with Gasteiger partial charge in [-0.25, -0.2) is 0 Å². The maximum Gasteiger partial charge on any atom is 0.308 e. The molecule has 0 fully saturated rings. The number of nitrogens with one attached hydrogen (secondary N) is 1. The van der Waals surface area contributed by atoms with Gasteiger partial charge in [-0.05, 0) is 31.0 Å². The second kappa shape index (κ2) is 7.48. The van der Waals surface area contributed by atoms with Crippen molar-refractivity contribution in [2.45, 2.75) is 26.3 Å². The van der Waals surface area contributed by atoms with E-state index in [2.05, 4.69) is 18.3 Å². The zero-order valence-corrected chi connectivity index (χ0v) is 12.5. The third kappa shape index (κ3) is 4.35. The average Bonchev–Trinajstić information content (AvgIpc) is 2.50. The minimum atomic E-state index is -0.188. The molecule has 2 aromatic rings. The van der Waals surface area contributed by atoms with Crippen LogP contribution < -0.4 is 5.32 Å². The van der Waals surface area contributed by atoms with Gasteiger partial charge in [0.1, 0.15) is 0 Å². The number of hydrogen-bond acceptors (Lipinski definition) is 3. The van der Waals surface area contributed by atoms with Gasteiger partial charge in [0.2, 0.25) is 0 Å². The Morgan fingerprint density at radius 3 is 2.43 bits per heavy atom. The summed E-state index contributed by atoms with van der Waals surface area (Å²) >= 11 is 0. The molecule has 2 rings (SSSR count). The first-order valence-electron chi connectivity index (χ1n) is 7.23. The number of benzene rings is 2. The van der Waals surface area contributed by atoms with Crippen LogP contribution in [0.5, 0.6) is 0 Å². The number of anilines is 1. The first-order valence-corrected chi connectivity index (χ1v) is 7.23. The highest BCUT2D eigenvalue weighted by Crippen LogP contribution is 2.25. The molecule has 21 heavy (non-hydrogen) atoms. The van der Waals surface area contributed by atoms with Crippen LogP contribution in [0.3, 0.4) is 0 Å². The summed E-state index contributed by atoms with van der Waals surface area (Å²) < 4.78 is 5.08. The van der Waals surface area contributed by atoms with Crippen molar-refractivity contribution in [1.29, 1.82) is 0 Å². The fraction of sp³-hybridized carbons (Fsp3) is 0.278. The van der Waals surface area contributed by atoms with Crippen LogP contribution in [0.15, 0.2) is 54.6 Å². The van der Waals surface area contributed by atoms with Crippen molar-refractivity contribution in [3.05, 3.63) is 65.7 Å². The first kappa shape index (κ1) is 15.1. The maximum atomic E-state index is 11.8. The fourth-order valence-electron chi connectivity index (χ4n) is 2.25. The van der Waals surface area contributed by atoms with Crippen molar-refractivity contribution in [1.82, 2.24) is 0 Å². The van der Waals surface area contributed by atoms with Crippen LogP contribution >= 0.6 is 0 Å². The Hall–Kier alpha value is -2.29. The first-order chi connectivity index (χ1) is 10.2. The van der Waals surface area contributed by atoms with E-state index in [4.69, 9.17) is 4.74 Å². The summed E-state index contributed by atoms with van der Waals surface area (Å²) in [7, 11) is 0. The van der Waals surface area contributed by atoms with Crippen molar-refractivity contribution < 1.29 is 9.53 Å². The molecule has 3 heteroatoms. The maximum absolute atomic E-state index is 11.8. The Kier molecular flexibility index (Phi) is 5.38. The molecule has 0 aliphatic heterocycles. The van der Waals surface area contributed by atoms with E-state index in [1.54, 1.807) is 0 Å². The quantitative estimate of drug-likeness (QED) is 0.811. The highest BCUT2D eigenvalue weighted by Gasteiger charge is 2.17. The second-order valence-corrected chi connectivity index (χ2v) is 4.93. The summed E-state index contributed by atoms with van der Waals surface area (Å²) in [5, 5.41) is 3.45. The summed E-state index contributed by atoms with van der Waals surface area (Å²) in [4.78, 5) is 11.8. The van der Waals surface area contributed by atoms with E-state index in [0.29, 0.717) is 13.0 Å². The summed E-state index contributed by atoms with van der Waals surface area (Å²) in [5.41, 5.74) is 3.27. The third-order valence-electron chi connectivity index (χ3n) is 3.35. The minimum absolute atomic E-state index is 0.0913. The lowest BCUT2D eigenvalue weighted by Crippen LogP contribution is -2.17. The number of hydrogen-bond donors (Lipinski definition) is 1. The van der Waals surface area contributed by atoms with Gasteiger partial charge in [0.05, 0.1) is 19.1 Å². The molecular formula is C18H21NO2. The van der Waals surface area contributed by atoms with E-state index >= 15 is 0 Å². The molecule has 0 saturated carbocycles. The summed E-state index contributed by atoms with van der Waals surface area (Å²) in [6.45, 7) is 4.28. The zero-order valence-electron chi connectivity index (χ0n) is 12.5. The SMILES string of the molecule is CCOC(=O)C[C@H](Nc1ccccc1C)c1ccccc1. The van der Waals surface area contributed by atoms with E-state index in [9.17, 15) is 4.79 Å². The average molecular weight is 283 g/mol. The normalized spacial score (nSPS) is 11.7. The molecule has 0 radical (unpaired) electrons. The van der Waals surface area contributed by atoms with E-state index in [1.807, 2.05) is 55.5 Å². The number of ether oxygens (including phenoxy) is 1. The fourth-order valence-corrected chi connectivity index (χ4v) is 2.25. The van der Waals surface area contributed by atoms with Crippen molar-refractivity contribution in [2.75, 3.05) is 11.9 Å². The Labute approximate surface area is 126 Å². The molecule has 0 unspecified atom stereocenters. The van der Waals surface area contributed by atoms with Crippen molar-refractivity contribution in [2.24, 2.45) is 0 Å². The van der Waals surface area contributed by atoms with Crippen LogP contribution in [0.2, 0.25) is 0 Å². The van der Waals surface area contributed by atoms with Gasteiger partial charge < -0.3 is 10.1 Å². The third-order valence-corrected chi connectivity index (χ3v) is 3.35. The van der Waals surface area contributed by atoms with Gasteiger partial charge in [0.15, 0.2) is 0 Å². The number of rotatable bonds is 6. The van der Waals surface area contributed by atoms with Gasteiger partial charge in [-0.2, -0.15) is 0 Å². The number of carbonyl (C=O) groups is 1. The molecule has 2 aromatic carbocycles.